The lowest BCUT2D eigenvalue weighted by molar-refractivity contribution is -0.423. The Morgan fingerprint density at radius 1 is 1.61 bits per heavy atom. The molecule has 0 aromatic rings. The molecule has 102 valence electrons. The highest BCUT2D eigenvalue weighted by Gasteiger charge is 2.33. The summed E-state index contributed by atoms with van der Waals surface area (Å²) in [4.78, 5) is 23.6. The number of likely N-dealkylation sites (N-methyl/N-ethyl adjacent to an activating group) is 1. The van der Waals surface area contributed by atoms with Gasteiger partial charge in [-0.25, -0.2) is 4.79 Å². The summed E-state index contributed by atoms with van der Waals surface area (Å²) in [6.07, 6.45) is 4.04. The molecule has 1 aliphatic heterocycles. The number of ether oxygens (including phenoxy) is 1. The van der Waals surface area contributed by atoms with Crippen LogP contribution < -0.4 is 5.32 Å². The Balaban J connectivity index is 2.74. The van der Waals surface area contributed by atoms with E-state index in [9.17, 15) is 14.9 Å². The van der Waals surface area contributed by atoms with Gasteiger partial charge in [0.2, 0.25) is 0 Å². The number of carbonyl (C=O) groups excluding carboxylic acids is 1. The maximum atomic E-state index is 11.7. The second kappa shape index (κ2) is 6.48. The zero-order valence-electron chi connectivity index (χ0n) is 10.8. The van der Waals surface area contributed by atoms with E-state index in [1.54, 1.807) is 11.9 Å². The van der Waals surface area contributed by atoms with Crippen LogP contribution in [0.15, 0.2) is 11.5 Å². The summed E-state index contributed by atoms with van der Waals surface area (Å²) in [6, 6.07) is 0. The molecule has 0 saturated carbocycles. The van der Waals surface area contributed by atoms with Crippen molar-refractivity contribution in [2.24, 2.45) is 0 Å². The van der Waals surface area contributed by atoms with Crippen molar-refractivity contribution in [1.82, 2.24) is 10.2 Å². The van der Waals surface area contributed by atoms with Gasteiger partial charge in [-0.2, -0.15) is 0 Å². The first-order valence-electron chi connectivity index (χ1n) is 5.48. The van der Waals surface area contributed by atoms with Crippen LogP contribution in [0.2, 0.25) is 0 Å². The van der Waals surface area contributed by atoms with Gasteiger partial charge in [0.1, 0.15) is 12.4 Å². The average molecular weight is 276 g/mol. The topological polar surface area (TPSA) is 84.7 Å². The highest BCUT2D eigenvalue weighted by Crippen LogP contribution is 2.12. The number of esters is 1. The highest BCUT2D eigenvalue weighted by molar-refractivity contribution is 7.95. The van der Waals surface area contributed by atoms with Gasteiger partial charge in [-0.15, -0.1) is 0 Å². The molecule has 8 heteroatoms. The van der Waals surface area contributed by atoms with Gasteiger partial charge in [0.05, 0.1) is 17.4 Å². The monoisotopic (exact) mass is 276 g/mol. The third kappa shape index (κ3) is 3.80. The maximum absolute atomic E-state index is 11.7. The summed E-state index contributed by atoms with van der Waals surface area (Å²) in [5.74, 6) is 0.0775. The first kappa shape index (κ1) is 14.6. The molecule has 0 spiro atoms. The van der Waals surface area contributed by atoms with Crippen molar-refractivity contribution in [3.8, 4) is 0 Å². The molecule has 1 rings (SSSR count). The van der Waals surface area contributed by atoms with Gasteiger partial charge in [0.15, 0.2) is 5.82 Å². The Morgan fingerprint density at radius 3 is 2.72 bits per heavy atom. The van der Waals surface area contributed by atoms with Crippen LogP contribution in [-0.2, 0) is 20.4 Å². The third-order valence-electron chi connectivity index (χ3n) is 2.45. The van der Waals surface area contributed by atoms with Crippen molar-refractivity contribution in [2.45, 2.75) is 0 Å². The molecule has 18 heavy (non-hydrogen) atoms. The van der Waals surface area contributed by atoms with Crippen LogP contribution in [0.3, 0.4) is 0 Å². The van der Waals surface area contributed by atoms with E-state index in [2.05, 4.69) is 5.32 Å². The molecule has 0 radical (unpaired) electrons. The largest absolute Gasteiger partial charge is 0.452 e. The van der Waals surface area contributed by atoms with E-state index in [4.69, 9.17) is 4.74 Å². The van der Waals surface area contributed by atoms with Gasteiger partial charge < -0.3 is 15.0 Å². The lowest BCUT2D eigenvalue weighted by Gasteiger charge is -2.11. The Morgan fingerprint density at radius 2 is 2.28 bits per heavy atom. The smallest absolute Gasteiger partial charge is 0.414 e. The fourth-order valence-electron chi connectivity index (χ4n) is 1.48. The van der Waals surface area contributed by atoms with Gasteiger partial charge >= 0.3 is 11.7 Å². The minimum absolute atomic E-state index is 0.146. The number of carbonyl (C=O) groups is 1. The number of hydrogen-bond donors (Lipinski definition) is 1. The van der Waals surface area contributed by atoms with Crippen LogP contribution in [-0.4, -0.2) is 60.8 Å². The molecule has 0 aromatic carbocycles. The van der Waals surface area contributed by atoms with E-state index in [1.165, 1.54) is 0 Å². The molecule has 1 heterocycles. The van der Waals surface area contributed by atoms with Crippen LogP contribution in [0.4, 0.5) is 0 Å². The molecule has 0 bridgehead atoms. The molecule has 1 N–H and O–H groups in total. The molecule has 1 fully saturated rings. The van der Waals surface area contributed by atoms with Crippen LogP contribution in [0.1, 0.15) is 0 Å². The number of nitrogens with one attached hydrogen (secondary N) is 1. The summed E-state index contributed by atoms with van der Waals surface area (Å²) in [7, 11) is 1.84. The van der Waals surface area contributed by atoms with E-state index in [0.29, 0.717) is 13.1 Å². The molecular formula is C10H18N3O4S+. The summed E-state index contributed by atoms with van der Waals surface area (Å²) in [5.41, 5.74) is -0.512. The molecule has 1 aliphatic rings. The Hall–Kier alpha value is -1.44. The molecule has 0 atom stereocenters. The highest BCUT2D eigenvalue weighted by atomic mass is 32.2. The number of hydrogen-bond acceptors (Lipinski definition) is 6. The van der Waals surface area contributed by atoms with Crippen LogP contribution in [0, 0.1) is 10.1 Å². The quantitative estimate of drug-likeness (QED) is 0.237. The first-order valence-corrected chi connectivity index (χ1v) is 7.69. The fraction of sp³-hybridized carbons (Fsp3) is 0.700. The minimum Gasteiger partial charge on any atom is -0.452 e. The van der Waals surface area contributed by atoms with E-state index in [1.807, 2.05) is 12.5 Å². The predicted molar refractivity (Wildman–Crippen MR) is 69.7 cm³/mol. The molecule has 0 unspecified atom stereocenters. The van der Waals surface area contributed by atoms with Gasteiger partial charge in [-0.05, 0) is 10.9 Å². The summed E-state index contributed by atoms with van der Waals surface area (Å²) in [6.45, 7) is 1.43. The second-order valence-electron chi connectivity index (χ2n) is 4.13. The van der Waals surface area contributed by atoms with Crippen molar-refractivity contribution in [3.63, 3.8) is 0 Å². The molecule has 1 saturated heterocycles. The summed E-state index contributed by atoms with van der Waals surface area (Å²) < 4.78 is 4.94. The van der Waals surface area contributed by atoms with Crippen molar-refractivity contribution < 1.29 is 14.5 Å². The number of nitrogens with zero attached hydrogens (tertiary/aromatic N) is 2. The van der Waals surface area contributed by atoms with Gasteiger partial charge in [0.25, 0.3) is 0 Å². The Kier molecular flexibility index (Phi) is 5.26. The number of nitro groups is 1. The van der Waals surface area contributed by atoms with Gasteiger partial charge in [-0.3, -0.25) is 10.1 Å². The molecule has 0 aromatic heterocycles. The minimum atomic E-state index is -0.873. The van der Waals surface area contributed by atoms with E-state index in [0.717, 1.165) is 5.75 Å². The van der Waals surface area contributed by atoms with Gasteiger partial charge in [0, 0.05) is 20.1 Å². The predicted octanol–water partition coefficient (Wildman–Crippen LogP) is -0.612. The van der Waals surface area contributed by atoms with Crippen molar-refractivity contribution in [2.75, 3.05) is 45.0 Å². The zero-order chi connectivity index (χ0) is 13.7. The fourth-order valence-corrected chi connectivity index (χ4v) is 1.90. The Labute approximate surface area is 109 Å². The third-order valence-corrected chi connectivity index (χ3v) is 3.43. The standard InChI is InChI=1S/C10H17N3O4S/c1-12-5-4-11-9(12)8(13(15)16)10(14)17-6-7-18(2)3/h4-7H2,1-3H3/p+1. The summed E-state index contributed by atoms with van der Waals surface area (Å²) in [5, 5.41) is 13.8. The second-order valence-corrected chi connectivity index (χ2v) is 6.51. The normalized spacial score (nSPS) is 17.7. The zero-order valence-corrected chi connectivity index (χ0v) is 11.6. The first-order chi connectivity index (χ1) is 8.43. The van der Waals surface area contributed by atoms with Crippen LogP contribution in [0.25, 0.3) is 0 Å². The molecule has 0 aliphatic carbocycles. The summed E-state index contributed by atoms with van der Waals surface area (Å²) >= 11 is 0. The van der Waals surface area contributed by atoms with Crippen molar-refractivity contribution >= 4 is 16.9 Å². The van der Waals surface area contributed by atoms with Crippen LogP contribution in [0.5, 0.6) is 0 Å². The maximum Gasteiger partial charge on any atom is 0.414 e. The molecule has 7 nitrogen and oxygen atoms in total. The lowest BCUT2D eigenvalue weighted by Crippen LogP contribution is -2.27. The molecular weight excluding hydrogens is 258 g/mol. The SMILES string of the molecule is CN1CCNC1=C(C(=O)OCC[S+](C)C)[N+](=O)[O-]. The Bertz CT molecular complexity index is 370. The number of rotatable bonds is 5. The molecule has 0 amide bonds. The van der Waals surface area contributed by atoms with Gasteiger partial charge in [-0.1, -0.05) is 0 Å². The lowest BCUT2D eigenvalue weighted by atomic mass is 10.4. The average Bonchev–Trinajstić information content (AvgIpc) is 2.64. The van der Waals surface area contributed by atoms with E-state index >= 15 is 0 Å². The van der Waals surface area contributed by atoms with Crippen LogP contribution >= 0.6 is 0 Å². The van der Waals surface area contributed by atoms with E-state index < -0.39 is 16.6 Å². The van der Waals surface area contributed by atoms with Crippen molar-refractivity contribution in [3.05, 3.63) is 21.6 Å². The van der Waals surface area contributed by atoms with Crippen molar-refractivity contribution in [1.29, 1.82) is 0 Å². The van der Waals surface area contributed by atoms with E-state index in [-0.39, 0.29) is 23.3 Å².